The van der Waals surface area contributed by atoms with E-state index >= 15 is 0 Å². The molecule has 1 N–H and O–H groups in total. The first-order chi connectivity index (χ1) is 12.1. The quantitative estimate of drug-likeness (QED) is 0.917. The lowest BCUT2D eigenvalue weighted by Gasteiger charge is -2.26. The molecule has 5 nitrogen and oxygen atoms in total. The van der Waals surface area contributed by atoms with E-state index in [9.17, 15) is 9.59 Å². The Morgan fingerprint density at radius 1 is 1.36 bits per heavy atom. The van der Waals surface area contributed by atoms with E-state index in [1.165, 1.54) is 16.9 Å². The van der Waals surface area contributed by atoms with Crippen molar-refractivity contribution in [3.8, 4) is 0 Å². The minimum atomic E-state index is 0.0819. The van der Waals surface area contributed by atoms with Crippen molar-refractivity contribution in [3.05, 3.63) is 46.0 Å². The Morgan fingerprint density at radius 3 is 2.96 bits per heavy atom. The molecule has 1 aliphatic heterocycles. The molecule has 0 radical (unpaired) electrons. The average molecular weight is 355 g/mol. The summed E-state index contributed by atoms with van der Waals surface area (Å²) in [6, 6.07) is 8.09. The molecule has 2 heterocycles. The highest BCUT2D eigenvalue weighted by molar-refractivity contribution is 7.15. The van der Waals surface area contributed by atoms with Crippen LogP contribution in [-0.4, -0.2) is 28.2 Å². The first-order valence-corrected chi connectivity index (χ1v) is 9.53. The van der Waals surface area contributed by atoms with Crippen molar-refractivity contribution in [3.63, 3.8) is 0 Å². The maximum Gasteiger partial charge on any atom is 0.229 e. The largest absolute Gasteiger partial charge is 0.337 e. The van der Waals surface area contributed by atoms with Crippen LogP contribution in [0.1, 0.15) is 34.5 Å². The van der Waals surface area contributed by atoms with Gasteiger partial charge in [-0.05, 0) is 25.3 Å². The van der Waals surface area contributed by atoms with E-state index in [0.717, 1.165) is 35.4 Å². The molecule has 1 aromatic heterocycles. The van der Waals surface area contributed by atoms with Gasteiger partial charge in [0.05, 0.1) is 18.7 Å². The number of carbonyl (C=O) groups is 2. The summed E-state index contributed by atoms with van der Waals surface area (Å²) in [5.74, 6) is 0.403. The molecular weight excluding hydrogens is 334 g/mol. The van der Waals surface area contributed by atoms with Gasteiger partial charge in [0, 0.05) is 23.8 Å². The monoisotopic (exact) mass is 355 g/mol. The summed E-state index contributed by atoms with van der Waals surface area (Å²) >= 11 is 1.50. The maximum atomic E-state index is 12.6. The van der Waals surface area contributed by atoms with E-state index in [2.05, 4.69) is 16.4 Å². The average Bonchev–Trinajstić information content (AvgIpc) is 3.35. The van der Waals surface area contributed by atoms with Gasteiger partial charge in [0.15, 0.2) is 5.13 Å². The van der Waals surface area contributed by atoms with Crippen LogP contribution in [-0.2, 0) is 29.0 Å². The predicted molar refractivity (Wildman–Crippen MR) is 97.5 cm³/mol. The van der Waals surface area contributed by atoms with Crippen LogP contribution in [0.4, 0.5) is 5.13 Å². The predicted octanol–water partition coefficient (Wildman–Crippen LogP) is 2.93. The number of aromatic nitrogens is 1. The lowest BCUT2D eigenvalue weighted by atomic mass is 10.1. The molecule has 1 fully saturated rings. The van der Waals surface area contributed by atoms with Gasteiger partial charge in [-0.3, -0.25) is 9.59 Å². The van der Waals surface area contributed by atoms with Gasteiger partial charge in [-0.15, -0.1) is 0 Å². The maximum absolute atomic E-state index is 12.6. The molecular formula is C19H21N3O2S. The van der Waals surface area contributed by atoms with Gasteiger partial charge in [-0.1, -0.05) is 41.2 Å². The number of hydrogen-bond acceptors (Lipinski definition) is 4. The molecule has 0 unspecified atom stereocenters. The number of hydrogen-bond donors (Lipinski definition) is 1. The zero-order valence-electron chi connectivity index (χ0n) is 14.2. The Hall–Kier alpha value is -2.21. The highest BCUT2D eigenvalue weighted by Crippen LogP contribution is 2.33. The SMILES string of the molecule is Cc1cccc(CC(=O)N2CCc3nc(NC(=O)C4CC4)sc3C2)c1. The van der Waals surface area contributed by atoms with Crippen molar-refractivity contribution >= 4 is 28.3 Å². The third kappa shape index (κ3) is 3.74. The molecule has 6 heteroatoms. The third-order valence-corrected chi connectivity index (χ3v) is 5.70. The normalized spacial score (nSPS) is 16.4. The van der Waals surface area contributed by atoms with Crippen LogP contribution in [0.15, 0.2) is 24.3 Å². The van der Waals surface area contributed by atoms with Gasteiger partial charge in [0.1, 0.15) is 0 Å². The number of thiazole rings is 1. The number of amides is 2. The minimum Gasteiger partial charge on any atom is -0.337 e. The second-order valence-electron chi connectivity index (χ2n) is 6.88. The molecule has 0 saturated heterocycles. The molecule has 0 bridgehead atoms. The molecule has 2 amide bonds. The second kappa shape index (κ2) is 6.59. The molecule has 4 rings (SSSR count). The Morgan fingerprint density at radius 2 is 2.20 bits per heavy atom. The summed E-state index contributed by atoms with van der Waals surface area (Å²) in [4.78, 5) is 32.0. The molecule has 0 spiro atoms. The van der Waals surface area contributed by atoms with Crippen LogP contribution in [0.25, 0.3) is 0 Å². The number of nitrogens with zero attached hydrogens (tertiary/aromatic N) is 2. The second-order valence-corrected chi connectivity index (χ2v) is 7.97. The minimum absolute atomic E-state index is 0.0819. The number of fused-ring (bicyclic) bond motifs is 1. The van der Waals surface area contributed by atoms with Gasteiger partial charge in [0.2, 0.25) is 11.8 Å². The molecule has 2 aliphatic rings. The lowest BCUT2D eigenvalue weighted by Crippen LogP contribution is -2.36. The van der Waals surface area contributed by atoms with Crippen LogP contribution in [0.3, 0.4) is 0 Å². The first-order valence-electron chi connectivity index (χ1n) is 8.71. The number of nitrogens with one attached hydrogen (secondary N) is 1. The van der Waals surface area contributed by atoms with Gasteiger partial charge in [-0.2, -0.15) is 0 Å². The van der Waals surface area contributed by atoms with Gasteiger partial charge in [0.25, 0.3) is 0 Å². The van der Waals surface area contributed by atoms with E-state index in [0.29, 0.717) is 24.6 Å². The van der Waals surface area contributed by atoms with Gasteiger partial charge < -0.3 is 10.2 Å². The van der Waals surface area contributed by atoms with Crippen LogP contribution in [0.5, 0.6) is 0 Å². The number of carbonyl (C=O) groups excluding carboxylic acids is 2. The Balaban J connectivity index is 1.40. The van der Waals surface area contributed by atoms with Crippen molar-refractivity contribution in [1.82, 2.24) is 9.88 Å². The fourth-order valence-electron chi connectivity index (χ4n) is 3.12. The van der Waals surface area contributed by atoms with E-state index in [1.807, 2.05) is 30.0 Å². The number of aryl methyl sites for hydroxylation is 1. The Kier molecular flexibility index (Phi) is 4.29. The van der Waals surface area contributed by atoms with E-state index in [-0.39, 0.29) is 17.7 Å². The van der Waals surface area contributed by atoms with Crippen molar-refractivity contribution in [2.45, 2.75) is 39.2 Å². The number of anilines is 1. The number of benzene rings is 1. The molecule has 25 heavy (non-hydrogen) atoms. The first kappa shape index (κ1) is 16.3. The standard InChI is InChI=1S/C19H21N3O2S/c1-12-3-2-4-13(9-12)10-17(23)22-8-7-15-16(11-22)25-19(20-15)21-18(24)14-5-6-14/h2-4,9,14H,5-8,10-11H2,1H3,(H,20,21,24). The number of rotatable bonds is 4. The highest BCUT2D eigenvalue weighted by atomic mass is 32.1. The Labute approximate surface area is 151 Å². The summed E-state index contributed by atoms with van der Waals surface area (Å²) in [5, 5.41) is 3.59. The summed E-state index contributed by atoms with van der Waals surface area (Å²) in [7, 11) is 0. The van der Waals surface area contributed by atoms with Gasteiger partial charge in [-0.25, -0.2) is 4.98 Å². The van der Waals surface area contributed by atoms with E-state index in [4.69, 9.17) is 0 Å². The van der Waals surface area contributed by atoms with Crippen molar-refractivity contribution in [2.24, 2.45) is 5.92 Å². The van der Waals surface area contributed by atoms with Crippen molar-refractivity contribution in [1.29, 1.82) is 0 Å². The van der Waals surface area contributed by atoms with Gasteiger partial charge >= 0.3 is 0 Å². The van der Waals surface area contributed by atoms with Crippen LogP contribution in [0, 0.1) is 12.8 Å². The van der Waals surface area contributed by atoms with Crippen LogP contribution in [0.2, 0.25) is 0 Å². The fourth-order valence-corrected chi connectivity index (χ4v) is 4.15. The lowest BCUT2D eigenvalue weighted by molar-refractivity contribution is -0.131. The summed E-state index contributed by atoms with van der Waals surface area (Å²) in [5.41, 5.74) is 3.25. The van der Waals surface area contributed by atoms with Crippen molar-refractivity contribution in [2.75, 3.05) is 11.9 Å². The molecule has 1 saturated carbocycles. The Bertz CT molecular complexity index is 826. The summed E-state index contributed by atoms with van der Waals surface area (Å²) in [6.07, 6.45) is 3.15. The summed E-state index contributed by atoms with van der Waals surface area (Å²) in [6.45, 7) is 3.32. The zero-order valence-corrected chi connectivity index (χ0v) is 15.1. The molecule has 2 aromatic rings. The van der Waals surface area contributed by atoms with Crippen LogP contribution >= 0.6 is 11.3 Å². The topological polar surface area (TPSA) is 62.3 Å². The molecule has 1 aromatic carbocycles. The summed E-state index contributed by atoms with van der Waals surface area (Å²) < 4.78 is 0. The fraction of sp³-hybridized carbons (Fsp3) is 0.421. The molecule has 0 atom stereocenters. The third-order valence-electron chi connectivity index (χ3n) is 4.70. The van der Waals surface area contributed by atoms with E-state index < -0.39 is 0 Å². The van der Waals surface area contributed by atoms with Crippen molar-refractivity contribution < 1.29 is 9.59 Å². The smallest absolute Gasteiger partial charge is 0.229 e. The van der Waals surface area contributed by atoms with Crippen LogP contribution < -0.4 is 5.32 Å². The highest BCUT2D eigenvalue weighted by Gasteiger charge is 2.31. The zero-order chi connectivity index (χ0) is 17.4. The van der Waals surface area contributed by atoms with E-state index in [1.54, 1.807) is 0 Å². The molecule has 130 valence electrons. The molecule has 1 aliphatic carbocycles.